The van der Waals surface area contributed by atoms with Crippen LogP contribution in [0.4, 0.5) is 0 Å². The maximum atomic E-state index is 11.9. The van der Waals surface area contributed by atoms with Gasteiger partial charge in [0.1, 0.15) is 5.82 Å². The van der Waals surface area contributed by atoms with Crippen LogP contribution in [0.25, 0.3) is 22.4 Å². The highest BCUT2D eigenvalue weighted by atomic mass is 32.2. The molecule has 1 aromatic heterocycles. The number of nitrogens with zero attached hydrogens (tertiary/aromatic N) is 4. The van der Waals surface area contributed by atoms with Crippen molar-refractivity contribution < 1.29 is 8.42 Å². The lowest BCUT2D eigenvalue weighted by Gasteiger charge is -2.46. The van der Waals surface area contributed by atoms with Crippen molar-refractivity contribution in [3.63, 3.8) is 0 Å². The topological polar surface area (TPSA) is 58.4 Å². The Bertz CT molecular complexity index is 1440. The molecule has 0 amide bonds. The van der Waals surface area contributed by atoms with Crippen LogP contribution in [-0.2, 0) is 16.9 Å². The molecule has 2 aromatic carbocycles. The highest BCUT2D eigenvalue weighted by Gasteiger charge is 2.42. The lowest BCUT2D eigenvalue weighted by atomic mass is 9.86. The lowest BCUT2D eigenvalue weighted by molar-refractivity contribution is 0.0403. The minimum Gasteiger partial charge on any atom is -0.327 e. The summed E-state index contributed by atoms with van der Waals surface area (Å²) in [4.78, 5) is 11.0. The molecule has 3 aliphatic rings. The molecule has 3 saturated heterocycles. The summed E-state index contributed by atoms with van der Waals surface area (Å²) in [7, 11) is -1.14. The van der Waals surface area contributed by atoms with Gasteiger partial charge in [0.15, 0.2) is 9.84 Å². The van der Waals surface area contributed by atoms with Crippen molar-refractivity contribution in [1.82, 2.24) is 19.4 Å². The van der Waals surface area contributed by atoms with Crippen LogP contribution in [0.1, 0.15) is 69.4 Å². The molecule has 2 atom stereocenters. The Morgan fingerprint density at radius 2 is 1.59 bits per heavy atom. The SMILES string of the molecule is Cc1cc(C2CCN(C3CC4CCC(C3)N4CC(C)C)CC2)cc2c1nc(-c1ccc(S(C)(=O)=O)cc1)n2C. The number of benzene rings is 2. The molecular weight excluding hydrogens is 504 g/mol. The van der Waals surface area contributed by atoms with Gasteiger partial charge in [-0.2, -0.15) is 0 Å². The van der Waals surface area contributed by atoms with Gasteiger partial charge < -0.3 is 9.47 Å². The number of fused-ring (bicyclic) bond motifs is 3. The monoisotopic (exact) mass is 548 g/mol. The van der Waals surface area contributed by atoms with Crippen molar-refractivity contribution in [2.75, 3.05) is 25.9 Å². The van der Waals surface area contributed by atoms with E-state index in [0.29, 0.717) is 10.8 Å². The summed E-state index contributed by atoms with van der Waals surface area (Å²) < 4.78 is 25.9. The molecule has 7 heteroatoms. The largest absolute Gasteiger partial charge is 0.327 e. The van der Waals surface area contributed by atoms with Gasteiger partial charge in [0.25, 0.3) is 0 Å². The molecule has 0 saturated carbocycles. The van der Waals surface area contributed by atoms with Gasteiger partial charge in [-0.25, -0.2) is 13.4 Å². The molecule has 0 aliphatic carbocycles. The third-order valence-electron chi connectivity index (χ3n) is 9.69. The Kier molecular flexibility index (Phi) is 7.13. The van der Waals surface area contributed by atoms with Crippen LogP contribution >= 0.6 is 0 Å². The lowest BCUT2D eigenvalue weighted by Crippen LogP contribution is -2.52. The number of imidazole rings is 1. The van der Waals surface area contributed by atoms with E-state index in [0.717, 1.165) is 46.5 Å². The second-order valence-corrected chi connectivity index (χ2v) is 14.9. The first-order valence-electron chi connectivity index (χ1n) is 14.9. The molecular formula is C32H44N4O2S. The molecule has 2 bridgehead atoms. The molecule has 210 valence electrons. The number of aromatic nitrogens is 2. The first-order chi connectivity index (χ1) is 18.6. The summed E-state index contributed by atoms with van der Waals surface area (Å²) >= 11 is 0. The van der Waals surface area contributed by atoms with E-state index in [1.165, 1.54) is 75.5 Å². The van der Waals surface area contributed by atoms with E-state index in [2.05, 4.69) is 54.3 Å². The zero-order valence-electron chi connectivity index (χ0n) is 24.2. The first-order valence-corrected chi connectivity index (χ1v) is 16.7. The Morgan fingerprint density at radius 1 is 0.949 bits per heavy atom. The number of likely N-dealkylation sites (tertiary alicyclic amines) is 1. The van der Waals surface area contributed by atoms with Crippen LogP contribution in [0.2, 0.25) is 0 Å². The molecule has 3 aromatic rings. The highest BCUT2D eigenvalue weighted by Crippen LogP contribution is 2.40. The number of hydrogen-bond donors (Lipinski definition) is 0. The molecule has 3 aliphatic heterocycles. The number of hydrogen-bond acceptors (Lipinski definition) is 5. The molecule has 6 nitrogen and oxygen atoms in total. The van der Waals surface area contributed by atoms with Crippen LogP contribution in [0.3, 0.4) is 0 Å². The average molecular weight is 549 g/mol. The van der Waals surface area contributed by atoms with E-state index in [-0.39, 0.29) is 0 Å². The standard InChI is InChI=1S/C32H44N4O2S/c1-21(2)20-36-26-8-9-27(36)19-28(18-26)35-14-12-23(13-15-35)25-16-22(3)31-30(17-25)34(4)32(33-31)24-6-10-29(11-7-24)39(5,37)38/h6-7,10-11,16-17,21,23,26-28H,8-9,12-15,18-20H2,1-5H3. The Morgan fingerprint density at radius 3 is 2.18 bits per heavy atom. The third kappa shape index (κ3) is 5.18. The van der Waals surface area contributed by atoms with E-state index in [9.17, 15) is 8.42 Å². The van der Waals surface area contributed by atoms with Gasteiger partial charge in [-0.1, -0.05) is 19.9 Å². The van der Waals surface area contributed by atoms with E-state index >= 15 is 0 Å². The van der Waals surface area contributed by atoms with Gasteiger partial charge in [-0.15, -0.1) is 0 Å². The molecule has 3 fully saturated rings. The second kappa shape index (κ2) is 10.3. The predicted molar refractivity (Wildman–Crippen MR) is 159 cm³/mol. The molecule has 39 heavy (non-hydrogen) atoms. The molecule has 4 heterocycles. The summed E-state index contributed by atoms with van der Waals surface area (Å²) in [5, 5.41) is 0. The van der Waals surface area contributed by atoms with Gasteiger partial charge in [0, 0.05) is 43.5 Å². The van der Waals surface area contributed by atoms with E-state index in [1.807, 2.05) is 12.1 Å². The van der Waals surface area contributed by atoms with Gasteiger partial charge >= 0.3 is 0 Å². The summed E-state index contributed by atoms with van der Waals surface area (Å²) in [6, 6.07) is 14.2. The highest BCUT2D eigenvalue weighted by molar-refractivity contribution is 7.90. The molecule has 0 radical (unpaired) electrons. The minimum atomic E-state index is -3.21. The van der Waals surface area contributed by atoms with E-state index in [4.69, 9.17) is 4.98 Å². The first kappa shape index (κ1) is 27.0. The van der Waals surface area contributed by atoms with Crippen molar-refractivity contribution >= 4 is 20.9 Å². The number of piperidine rings is 2. The van der Waals surface area contributed by atoms with Gasteiger partial charge in [-0.3, -0.25) is 4.90 Å². The smallest absolute Gasteiger partial charge is 0.175 e. The fourth-order valence-corrected chi connectivity index (χ4v) is 8.32. The summed E-state index contributed by atoms with van der Waals surface area (Å²) in [6.45, 7) is 10.6. The quantitative estimate of drug-likeness (QED) is 0.391. The van der Waals surface area contributed by atoms with Crippen molar-refractivity contribution in [2.24, 2.45) is 13.0 Å². The Labute approximate surface area is 234 Å². The fraction of sp³-hybridized carbons (Fsp3) is 0.594. The van der Waals surface area contributed by atoms with Gasteiger partial charge in [0.05, 0.1) is 15.9 Å². The summed E-state index contributed by atoms with van der Waals surface area (Å²) in [6.07, 6.45) is 9.22. The van der Waals surface area contributed by atoms with Crippen molar-refractivity contribution in [1.29, 1.82) is 0 Å². The zero-order chi connectivity index (χ0) is 27.5. The molecule has 2 unspecified atom stereocenters. The third-order valence-corrected chi connectivity index (χ3v) is 10.8. The van der Waals surface area contributed by atoms with Crippen LogP contribution in [0, 0.1) is 12.8 Å². The molecule has 0 spiro atoms. The maximum absolute atomic E-state index is 11.9. The Hall–Kier alpha value is -2.22. The van der Waals surface area contributed by atoms with Crippen molar-refractivity contribution in [2.45, 2.75) is 88.2 Å². The zero-order valence-corrected chi connectivity index (χ0v) is 25.0. The van der Waals surface area contributed by atoms with Crippen molar-refractivity contribution in [3.8, 4) is 11.4 Å². The molecule has 0 N–H and O–H groups in total. The summed E-state index contributed by atoms with van der Waals surface area (Å²) in [5.74, 6) is 2.23. The van der Waals surface area contributed by atoms with Crippen LogP contribution in [0.5, 0.6) is 0 Å². The van der Waals surface area contributed by atoms with E-state index in [1.54, 1.807) is 12.1 Å². The van der Waals surface area contributed by atoms with Crippen LogP contribution in [-0.4, -0.2) is 71.8 Å². The van der Waals surface area contributed by atoms with Crippen LogP contribution < -0.4 is 0 Å². The number of rotatable bonds is 6. The van der Waals surface area contributed by atoms with Crippen LogP contribution in [0.15, 0.2) is 41.3 Å². The van der Waals surface area contributed by atoms with Gasteiger partial charge in [0.2, 0.25) is 0 Å². The fourth-order valence-electron chi connectivity index (χ4n) is 7.69. The average Bonchev–Trinajstić information content (AvgIpc) is 3.34. The second-order valence-electron chi connectivity index (χ2n) is 12.9. The normalized spacial score (nSPS) is 25.2. The minimum absolute atomic E-state index is 0.337. The Balaban J connectivity index is 1.16. The summed E-state index contributed by atoms with van der Waals surface area (Å²) in [5.41, 5.74) is 5.78. The molecule has 6 rings (SSSR count). The van der Waals surface area contributed by atoms with Crippen molar-refractivity contribution in [3.05, 3.63) is 47.5 Å². The number of sulfone groups is 1. The van der Waals surface area contributed by atoms with Gasteiger partial charge in [-0.05, 0) is 112 Å². The number of aryl methyl sites for hydroxylation is 2. The predicted octanol–water partition coefficient (Wildman–Crippen LogP) is 5.78. The maximum Gasteiger partial charge on any atom is 0.175 e. The van der Waals surface area contributed by atoms with E-state index < -0.39 is 9.84 Å².